The maximum absolute atomic E-state index is 14.1. The average Bonchev–Trinajstić information content (AvgIpc) is 3.04. The van der Waals surface area contributed by atoms with Crippen LogP contribution in [0.1, 0.15) is 35.5 Å². The summed E-state index contributed by atoms with van der Waals surface area (Å²) in [6, 6.07) is 8.11. The Morgan fingerprint density at radius 2 is 2.16 bits per heavy atom. The molecule has 0 amide bonds. The Kier molecular flexibility index (Phi) is 5.15. The van der Waals surface area contributed by atoms with Crippen molar-refractivity contribution in [3.05, 3.63) is 58.8 Å². The molecule has 0 saturated carbocycles. The molecule has 3 heterocycles. The van der Waals surface area contributed by atoms with E-state index in [1.165, 1.54) is 30.1 Å². The maximum atomic E-state index is 14.1. The number of nitriles is 1. The summed E-state index contributed by atoms with van der Waals surface area (Å²) in [6.45, 7) is 1.76. The van der Waals surface area contributed by atoms with Crippen LogP contribution in [0.5, 0.6) is 5.75 Å². The van der Waals surface area contributed by atoms with Crippen LogP contribution in [0.25, 0.3) is 11.1 Å². The second-order valence-corrected chi connectivity index (χ2v) is 9.85. The molecule has 3 aromatic rings. The van der Waals surface area contributed by atoms with E-state index in [1.807, 2.05) is 0 Å². The number of aryl methyl sites for hydroxylation is 1. The van der Waals surface area contributed by atoms with Gasteiger partial charge in [-0.15, -0.1) is 0 Å². The van der Waals surface area contributed by atoms with Crippen LogP contribution < -0.4 is 10.5 Å². The Morgan fingerprint density at radius 3 is 2.87 bits per heavy atom. The lowest BCUT2D eigenvalue weighted by atomic mass is 10.0. The number of anilines is 1. The summed E-state index contributed by atoms with van der Waals surface area (Å²) in [5.74, 6) is 0.168. The molecule has 0 saturated heterocycles. The van der Waals surface area contributed by atoms with E-state index >= 15 is 0 Å². The molecule has 2 atom stereocenters. The number of benzene rings is 1. The fourth-order valence-corrected chi connectivity index (χ4v) is 5.50. The van der Waals surface area contributed by atoms with E-state index in [0.717, 1.165) is 0 Å². The summed E-state index contributed by atoms with van der Waals surface area (Å²) in [5.41, 5.74) is 9.09. The summed E-state index contributed by atoms with van der Waals surface area (Å²) < 4.78 is 39.5. The van der Waals surface area contributed by atoms with E-state index in [9.17, 15) is 13.9 Å². The third-order valence-corrected chi connectivity index (χ3v) is 7.47. The highest BCUT2D eigenvalue weighted by Gasteiger charge is 2.26. The van der Waals surface area contributed by atoms with Gasteiger partial charge in [-0.05, 0) is 36.2 Å². The van der Waals surface area contributed by atoms with E-state index in [4.69, 9.17) is 10.5 Å². The van der Waals surface area contributed by atoms with Gasteiger partial charge in [0.2, 0.25) is 0 Å². The number of hydrogen-bond donors (Lipinski definition) is 1. The summed E-state index contributed by atoms with van der Waals surface area (Å²) >= 11 is 0. The highest BCUT2D eigenvalue weighted by molar-refractivity contribution is 7.92. The quantitative estimate of drug-likeness (QED) is 0.573. The van der Waals surface area contributed by atoms with E-state index in [-0.39, 0.29) is 17.3 Å². The highest BCUT2D eigenvalue weighted by Crippen LogP contribution is 2.36. The minimum atomic E-state index is -2.81. The molecular weight excluding hydrogens is 419 g/mol. The van der Waals surface area contributed by atoms with Crippen molar-refractivity contribution < 1.29 is 13.3 Å². The molecule has 160 valence electrons. The van der Waals surface area contributed by atoms with Crippen molar-refractivity contribution in [3.63, 3.8) is 0 Å². The summed E-state index contributed by atoms with van der Waals surface area (Å²) in [6.07, 6.45) is 0.937. The smallest absolute Gasteiger partial charge is 0.166 e. The minimum absolute atomic E-state index is 0.0279. The zero-order chi connectivity index (χ0) is 22.3. The Labute approximate surface area is 179 Å². The Morgan fingerprint density at radius 1 is 1.39 bits per heavy atom. The van der Waals surface area contributed by atoms with Gasteiger partial charge in [0.05, 0.1) is 26.9 Å². The first-order chi connectivity index (χ1) is 14.7. The molecule has 1 aliphatic rings. The molecule has 2 aromatic heterocycles. The maximum Gasteiger partial charge on any atom is 0.166 e. The molecule has 1 aromatic carbocycles. The van der Waals surface area contributed by atoms with Crippen LogP contribution in [-0.4, -0.2) is 26.0 Å². The van der Waals surface area contributed by atoms with Crippen molar-refractivity contribution in [2.24, 2.45) is 11.4 Å². The Hall–Kier alpha value is -3.45. The highest BCUT2D eigenvalue weighted by atomic mass is 32.2. The number of hydrogen-bond acceptors (Lipinski definition) is 7. The topological polar surface area (TPSA) is 119 Å². The van der Waals surface area contributed by atoms with Crippen molar-refractivity contribution in [2.45, 2.75) is 24.5 Å². The normalized spacial score (nSPS) is 20.3. The molecule has 0 aliphatic carbocycles. The van der Waals surface area contributed by atoms with Gasteiger partial charge in [0.15, 0.2) is 11.6 Å². The number of nitrogen functional groups attached to an aromatic ring is 1. The molecule has 31 heavy (non-hydrogen) atoms. The van der Waals surface area contributed by atoms with Crippen molar-refractivity contribution in [1.29, 1.82) is 5.26 Å². The molecule has 0 radical (unpaired) electrons. The number of aromatic nitrogens is 3. The molecule has 0 spiro atoms. The van der Waals surface area contributed by atoms with E-state index in [0.29, 0.717) is 39.4 Å². The van der Waals surface area contributed by atoms with E-state index in [2.05, 4.69) is 20.5 Å². The number of halogens is 1. The van der Waals surface area contributed by atoms with Crippen LogP contribution in [0.15, 0.2) is 34.8 Å². The lowest BCUT2D eigenvalue weighted by Gasteiger charge is -2.21. The number of ether oxygens (including phenoxy) is 1. The first-order valence-corrected chi connectivity index (χ1v) is 11.4. The molecule has 1 aliphatic heterocycles. The van der Waals surface area contributed by atoms with Crippen LogP contribution in [-0.2, 0) is 28.3 Å². The molecule has 2 N–H and O–H groups in total. The van der Waals surface area contributed by atoms with Crippen LogP contribution >= 0.6 is 0 Å². The van der Waals surface area contributed by atoms with Crippen LogP contribution in [0.3, 0.4) is 0 Å². The number of fused-ring (bicyclic) bond motifs is 5. The van der Waals surface area contributed by atoms with Crippen LogP contribution in [0.4, 0.5) is 10.2 Å². The van der Waals surface area contributed by atoms with Crippen LogP contribution in [0, 0.1) is 17.1 Å². The van der Waals surface area contributed by atoms with E-state index < -0.39 is 21.7 Å². The number of nitrogens with two attached hydrogens (primary N) is 1. The van der Waals surface area contributed by atoms with Gasteiger partial charge < -0.3 is 10.5 Å². The van der Waals surface area contributed by atoms with Gasteiger partial charge in [0.25, 0.3) is 0 Å². The first kappa shape index (κ1) is 20.8. The summed E-state index contributed by atoms with van der Waals surface area (Å²) in [7, 11) is 0.329. The molecule has 4 rings (SSSR count). The zero-order valence-corrected chi connectivity index (χ0v) is 18.1. The van der Waals surface area contributed by atoms with Gasteiger partial charge in [-0.2, -0.15) is 10.4 Å². The molecule has 2 bridgehead atoms. The minimum Gasteiger partial charge on any atom is -0.482 e. The lowest BCUT2D eigenvalue weighted by molar-refractivity contribution is 0.226. The second-order valence-electron chi connectivity index (χ2n) is 7.36. The van der Waals surface area contributed by atoms with Crippen LogP contribution in [0.2, 0.25) is 0 Å². The molecular formula is C21H21FN6O2S. The standard InChI is InChI=1S/C21H21FN6O2S/c1-12-16-7-15(22)5-4-13(16)10-31(29,25-2)11-17-20(18(8-23)28(3)27-17)14-6-19(30-12)21(24)26-9-14/h4-7,9,12H,10-11H2,1-3H3,(H2,24,26)/t12-,31?/m1/s1. The summed E-state index contributed by atoms with van der Waals surface area (Å²) in [4.78, 5) is 4.21. The lowest BCUT2D eigenvalue weighted by Crippen LogP contribution is -2.14. The third-order valence-electron chi connectivity index (χ3n) is 5.32. The zero-order valence-electron chi connectivity index (χ0n) is 17.3. The Balaban J connectivity index is 2.03. The predicted molar refractivity (Wildman–Crippen MR) is 115 cm³/mol. The molecule has 0 fully saturated rings. The Bertz CT molecular complexity index is 1350. The molecule has 8 nitrogen and oxygen atoms in total. The van der Waals surface area contributed by atoms with Gasteiger partial charge in [-0.3, -0.25) is 4.68 Å². The predicted octanol–water partition coefficient (Wildman–Crippen LogP) is 3.33. The van der Waals surface area contributed by atoms with Crippen molar-refractivity contribution in [2.75, 3.05) is 12.8 Å². The fraction of sp³-hybridized carbons (Fsp3) is 0.286. The van der Waals surface area contributed by atoms with Crippen molar-refractivity contribution >= 4 is 15.5 Å². The molecule has 10 heteroatoms. The number of rotatable bonds is 0. The fourth-order valence-electron chi connectivity index (χ4n) is 3.76. The third kappa shape index (κ3) is 3.72. The second kappa shape index (κ2) is 7.67. The van der Waals surface area contributed by atoms with Crippen molar-refractivity contribution in [1.82, 2.24) is 14.8 Å². The monoisotopic (exact) mass is 440 g/mol. The largest absolute Gasteiger partial charge is 0.482 e. The van der Waals surface area contributed by atoms with Crippen molar-refractivity contribution in [3.8, 4) is 22.9 Å². The summed E-state index contributed by atoms with van der Waals surface area (Å²) in [5, 5.41) is 14.2. The van der Waals surface area contributed by atoms with Gasteiger partial charge >= 0.3 is 0 Å². The number of pyridine rings is 1. The first-order valence-electron chi connectivity index (χ1n) is 9.52. The average molecular weight is 441 g/mol. The van der Waals surface area contributed by atoms with Gasteiger partial charge in [0, 0.05) is 31.4 Å². The number of nitrogens with zero attached hydrogens (tertiary/aromatic N) is 5. The van der Waals surface area contributed by atoms with Gasteiger partial charge in [-0.25, -0.2) is 17.9 Å². The molecule has 1 unspecified atom stereocenters. The SMILES string of the molecule is CN=S1(=O)Cc2ccc(F)cc2[C@@H](C)Oc2cc(cnc2N)-c2c(nn(C)c2C#N)C1. The van der Waals surface area contributed by atoms with Gasteiger partial charge in [-0.1, -0.05) is 6.07 Å². The van der Waals surface area contributed by atoms with E-state index in [1.54, 1.807) is 26.1 Å². The van der Waals surface area contributed by atoms with Gasteiger partial charge in [0.1, 0.15) is 23.7 Å².